The molecule has 1 aromatic carbocycles. The van der Waals surface area contributed by atoms with Crippen LogP contribution in [-0.2, 0) is 10.5 Å². The van der Waals surface area contributed by atoms with E-state index in [1.54, 1.807) is 41.3 Å². The third kappa shape index (κ3) is 6.44. The van der Waals surface area contributed by atoms with Crippen LogP contribution in [0.3, 0.4) is 0 Å². The summed E-state index contributed by atoms with van der Waals surface area (Å²) in [5, 5.41) is 16.2. The molecule has 2 aromatic heterocycles. The predicted octanol–water partition coefficient (Wildman–Crippen LogP) is 4.30. The Morgan fingerprint density at radius 1 is 1.12 bits per heavy atom. The van der Waals surface area contributed by atoms with Crippen molar-refractivity contribution in [2.24, 2.45) is 5.92 Å². The number of carbonyl (C=O) groups excluding carboxylic acids is 2. The number of methoxy groups -OCH3 is 2. The summed E-state index contributed by atoms with van der Waals surface area (Å²) in [6.45, 7) is 3.72. The largest absolute Gasteiger partial charge is 0.497 e. The third-order valence-corrected chi connectivity index (χ3v) is 7.48. The van der Waals surface area contributed by atoms with E-state index >= 15 is 0 Å². The van der Waals surface area contributed by atoms with Gasteiger partial charge in [-0.15, -0.1) is 21.5 Å². The first-order chi connectivity index (χ1) is 15.4. The SMILES string of the molecule is COc1cc(OC)cc(C(=O)NC(C(=O)Nc2nnc(SCc3cccs3)s2)C(C)C)c1. The summed E-state index contributed by atoms with van der Waals surface area (Å²) in [4.78, 5) is 26.9. The van der Waals surface area contributed by atoms with Crippen molar-refractivity contribution in [2.45, 2.75) is 30.0 Å². The number of hydrogen-bond donors (Lipinski definition) is 2. The predicted molar refractivity (Wildman–Crippen MR) is 128 cm³/mol. The summed E-state index contributed by atoms with van der Waals surface area (Å²) >= 11 is 4.56. The fraction of sp³-hybridized carbons (Fsp3) is 0.333. The van der Waals surface area contributed by atoms with Crippen molar-refractivity contribution in [1.82, 2.24) is 15.5 Å². The Bertz CT molecular complexity index is 1030. The lowest BCUT2D eigenvalue weighted by atomic mass is 10.0. The molecule has 0 spiro atoms. The number of benzene rings is 1. The standard InChI is InChI=1S/C21H24N4O4S3/c1-12(2)17(22-18(26)13-8-14(28-3)10-15(9-13)29-4)19(27)23-20-24-25-21(32-20)31-11-16-6-5-7-30-16/h5-10,12,17H,11H2,1-4H3,(H,22,26)(H,23,24,27). The van der Waals surface area contributed by atoms with Crippen LogP contribution in [0.2, 0.25) is 0 Å². The molecule has 32 heavy (non-hydrogen) atoms. The minimum atomic E-state index is -0.759. The molecule has 170 valence electrons. The van der Waals surface area contributed by atoms with Gasteiger partial charge in [0.15, 0.2) is 4.34 Å². The van der Waals surface area contributed by atoms with E-state index in [0.717, 1.165) is 10.1 Å². The maximum atomic E-state index is 12.9. The average Bonchev–Trinajstić information content (AvgIpc) is 3.47. The second-order valence-electron chi connectivity index (χ2n) is 7.03. The first kappa shape index (κ1) is 24.0. The molecule has 3 rings (SSSR count). The molecule has 0 saturated carbocycles. The highest BCUT2D eigenvalue weighted by atomic mass is 32.2. The molecule has 0 bridgehead atoms. The van der Waals surface area contributed by atoms with E-state index in [9.17, 15) is 9.59 Å². The number of thiophene rings is 1. The molecule has 0 fully saturated rings. The number of amides is 2. The summed E-state index contributed by atoms with van der Waals surface area (Å²) in [6.07, 6.45) is 0. The van der Waals surface area contributed by atoms with Crippen LogP contribution in [-0.4, -0.2) is 42.3 Å². The van der Waals surface area contributed by atoms with Crippen LogP contribution >= 0.6 is 34.4 Å². The Morgan fingerprint density at radius 2 is 1.84 bits per heavy atom. The minimum Gasteiger partial charge on any atom is -0.497 e. The highest BCUT2D eigenvalue weighted by Crippen LogP contribution is 2.29. The molecule has 8 nitrogen and oxygen atoms in total. The molecule has 1 unspecified atom stereocenters. The summed E-state index contributed by atoms with van der Waals surface area (Å²) in [6, 6.07) is 8.17. The molecule has 0 radical (unpaired) electrons. The van der Waals surface area contributed by atoms with Crippen molar-refractivity contribution in [1.29, 1.82) is 0 Å². The van der Waals surface area contributed by atoms with Crippen molar-refractivity contribution in [3.63, 3.8) is 0 Å². The van der Waals surface area contributed by atoms with E-state index in [0.29, 0.717) is 22.2 Å². The van der Waals surface area contributed by atoms with Crippen LogP contribution in [0.5, 0.6) is 11.5 Å². The van der Waals surface area contributed by atoms with Crippen LogP contribution in [0.4, 0.5) is 5.13 Å². The first-order valence-corrected chi connectivity index (χ1v) is 12.4. The van der Waals surface area contributed by atoms with Crippen molar-refractivity contribution in [3.8, 4) is 11.5 Å². The van der Waals surface area contributed by atoms with Crippen LogP contribution in [0, 0.1) is 5.92 Å². The van der Waals surface area contributed by atoms with Gasteiger partial charge in [0.1, 0.15) is 17.5 Å². The molecule has 0 saturated heterocycles. The van der Waals surface area contributed by atoms with Gasteiger partial charge in [0, 0.05) is 22.3 Å². The maximum absolute atomic E-state index is 12.9. The highest BCUT2D eigenvalue weighted by molar-refractivity contribution is 8.00. The Morgan fingerprint density at radius 3 is 2.44 bits per heavy atom. The van der Waals surface area contributed by atoms with Crippen molar-refractivity contribution >= 4 is 51.4 Å². The van der Waals surface area contributed by atoms with Crippen molar-refractivity contribution in [2.75, 3.05) is 19.5 Å². The lowest BCUT2D eigenvalue weighted by Gasteiger charge is -2.21. The van der Waals surface area contributed by atoms with E-state index in [-0.39, 0.29) is 11.8 Å². The zero-order valence-electron chi connectivity index (χ0n) is 18.1. The maximum Gasteiger partial charge on any atom is 0.252 e. The quantitative estimate of drug-likeness (QED) is 0.321. The monoisotopic (exact) mass is 492 g/mol. The molecule has 2 amide bonds. The number of rotatable bonds is 10. The van der Waals surface area contributed by atoms with Crippen molar-refractivity contribution < 1.29 is 19.1 Å². The molecule has 0 aliphatic rings. The topological polar surface area (TPSA) is 102 Å². The van der Waals surface area contributed by atoms with Gasteiger partial charge < -0.3 is 14.8 Å². The zero-order valence-corrected chi connectivity index (χ0v) is 20.5. The molecular weight excluding hydrogens is 468 g/mol. The second-order valence-corrected chi connectivity index (χ2v) is 10.3. The molecular formula is C21H24N4O4S3. The molecule has 2 N–H and O–H groups in total. The second kappa shape index (κ2) is 11.3. The summed E-state index contributed by atoms with van der Waals surface area (Å²) < 4.78 is 11.2. The minimum absolute atomic E-state index is 0.146. The molecule has 0 aliphatic heterocycles. The van der Waals surface area contributed by atoms with Crippen LogP contribution in [0.15, 0.2) is 40.1 Å². The summed E-state index contributed by atoms with van der Waals surface area (Å²) in [5.74, 6) is 0.874. The lowest BCUT2D eigenvalue weighted by Crippen LogP contribution is -2.47. The lowest BCUT2D eigenvalue weighted by molar-refractivity contribution is -0.118. The number of anilines is 1. The van der Waals surface area contributed by atoms with Gasteiger partial charge >= 0.3 is 0 Å². The molecule has 2 heterocycles. The van der Waals surface area contributed by atoms with Gasteiger partial charge in [0.2, 0.25) is 11.0 Å². The van der Waals surface area contributed by atoms with Gasteiger partial charge in [0.05, 0.1) is 14.2 Å². The fourth-order valence-corrected chi connectivity index (χ4v) is 5.26. The van der Waals surface area contributed by atoms with E-state index in [2.05, 4.69) is 26.9 Å². The number of nitrogens with one attached hydrogen (secondary N) is 2. The molecule has 0 aliphatic carbocycles. The average molecular weight is 493 g/mol. The van der Waals surface area contributed by atoms with E-state index < -0.39 is 11.9 Å². The van der Waals surface area contributed by atoms with E-state index in [4.69, 9.17) is 9.47 Å². The Kier molecular flexibility index (Phi) is 8.48. The van der Waals surface area contributed by atoms with E-state index in [1.165, 1.54) is 30.4 Å². The zero-order chi connectivity index (χ0) is 23.1. The van der Waals surface area contributed by atoms with Gasteiger partial charge in [-0.1, -0.05) is 43.0 Å². The number of ether oxygens (including phenoxy) is 2. The Balaban J connectivity index is 1.64. The number of carbonyl (C=O) groups is 2. The van der Waals surface area contributed by atoms with Crippen LogP contribution in [0.25, 0.3) is 0 Å². The fourth-order valence-electron chi connectivity index (χ4n) is 2.73. The highest BCUT2D eigenvalue weighted by Gasteiger charge is 2.26. The van der Waals surface area contributed by atoms with Crippen LogP contribution < -0.4 is 20.1 Å². The van der Waals surface area contributed by atoms with Gasteiger partial charge in [-0.2, -0.15) is 0 Å². The van der Waals surface area contributed by atoms with Gasteiger partial charge in [-0.05, 0) is 29.5 Å². The Hall–Kier alpha value is -2.63. The van der Waals surface area contributed by atoms with Gasteiger partial charge in [0.25, 0.3) is 5.91 Å². The summed E-state index contributed by atoms with van der Waals surface area (Å²) in [7, 11) is 3.02. The smallest absolute Gasteiger partial charge is 0.252 e. The third-order valence-electron chi connectivity index (χ3n) is 4.40. The van der Waals surface area contributed by atoms with Gasteiger partial charge in [-0.3, -0.25) is 14.9 Å². The number of thioether (sulfide) groups is 1. The molecule has 1 atom stereocenters. The number of aromatic nitrogens is 2. The Labute approximate surface area is 198 Å². The normalized spacial score (nSPS) is 11.8. The summed E-state index contributed by atoms with van der Waals surface area (Å²) in [5.41, 5.74) is 0.336. The van der Waals surface area contributed by atoms with Gasteiger partial charge in [-0.25, -0.2) is 0 Å². The first-order valence-electron chi connectivity index (χ1n) is 9.73. The van der Waals surface area contributed by atoms with Crippen molar-refractivity contribution in [3.05, 3.63) is 46.2 Å². The number of nitrogens with zero attached hydrogens (tertiary/aromatic N) is 2. The van der Waals surface area contributed by atoms with Crippen LogP contribution in [0.1, 0.15) is 29.1 Å². The molecule has 11 heteroatoms. The molecule has 3 aromatic rings. The van der Waals surface area contributed by atoms with E-state index in [1.807, 2.05) is 25.3 Å². The number of hydrogen-bond acceptors (Lipinski definition) is 9.